The van der Waals surface area contributed by atoms with Gasteiger partial charge in [-0.05, 0) is 37.1 Å². The zero-order valence-corrected chi connectivity index (χ0v) is 13.2. The molecule has 0 fully saturated rings. The van der Waals surface area contributed by atoms with Crippen LogP contribution in [0.4, 0.5) is 13.2 Å². The molecule has 0 radical (unpaired) electrons. The van der Waals surface area contributed by atoms with Gasteiger partial charge in [-0.3, -0.25) is 4.79 Å². The predicted molar refractivity (Wildman–Crippen MR) is 80.9 cm³/mol. The van der Waals surface area contributed by atoms with Crippen molar-refractivity contribution in [2.24, 2.45) is 0 Å². The Kier molecular flexibility index (Phi) is 5.28. The van der Waals surface area contributed by atoms with E-state index in [1.807, 2.05) is 26.0 Å². The molecule has 1 atom stereocenters. The van der Waals surface area contributed by atoms with Crippen molar-refractivity contribution in [3.8, 4) is 5.75 Å². The second kappa shape index (κ2) is 7.04. The minimum Gasteiger partial charge on any atom is -0.491 e. The normalized spacial score (nSPS) is 12.9. The van der Waals surface area contributed by atoms with Gasteiger partial charge in [0.1, 0.15) is 18.5 Å². The Bertz CT molecular complexity index is 772. The number of halogens is 3. The molecule has 0 amide bonds. The fourth-order valence-electron chi connectivity index (χ4n) is 2.03. The van der Waals surface area contributed by atoms with E-state index in [1.165, 1.54) is 0 Å². The van der Waals surface area contributed by atoms with Crippen molar-refractivity contribution in [1.82, 2.24) is 9.78 Å². The molecule has 1 N–H and O–H groups in total. The fraction of sp³-hybridized carbons (Fsp3) is 0.375. The Hall–Kier alpha value is -2.35. The van der Waals surface area contributed by atoms with Gasteiger partial charge in [0, 0.05) is 6.07 Å². The number of rotatable bonds is 5. The van der Waals surface area contributed by atoms with Crippen molar-refractivity contribution in [3.05, 3.63) is 57.5 Å². The number of nitrogens with zero attached hydrogens (tertiary/aromatic N) is 2. The van der Waals surface area contributed by atoms with Gasteiger partial charge in [0.05, 0.1) is 6.54 Å². The highest BCUT2D eigenvalue weighted by Gasteiger charge is 2.33. The summed E-state index contributed by atoms with van der Waals surface area (Å²) in [4.78, 5) is 11.6. The summed E-state index contributed by atoms with van der Waals surface area (Å²) in [7, 11) is 0. The van der Waals surface area contributed by atoms with Crippen LogP contribution in [0.15, 0.2) is 35.1 Å². The molecule has 0 saturated heterocycles. The first kappa shape index (κ1) is 18.0. The summed E-state index contributed by atoms with van der Waals surface area (Å²) in [5, 5.41) is 13.2. The lowest BCUT2D eigenvalue weighted by Gasteiger charge is -2.15. The zero-order chi connectivity index (χ0) is 17.9. The van der Waals surface area contributed by atoms with Gasteiger partial charge >= 0.3 is 6.18 Å². The minimum atomic E-state index is -4.66. The molecule has 2 rings (SSSR count). The van der Waals surface area contributed by atoms with Gasteiger partial charge in [-0.25, -0.2) is 4.68 Å². The monoisotopic (exact) mass is 342 g/mol. The molecule has 1 aromatic heterocycles. The molecule has 1 aromatic carbocycles. The molecule has 1 unspecified atom stereocenters. The highest BCUT2D eigenvalue weighted by molar-refractivity contribution is 5.35. The van der Waals surface area contributed by atoms with Gasteiger partial charge in [0.15, 0.2) is 5.69 Å². The van der Waals surface area contributed by atoms with Crippen LogP contribution in [0.3, 0.4) is 0 Å². The van der Waals surface area contributed by atoms with Crippen LogP contribution in [0.25, 0.3) is 0 Å². The Morgan fingerprint density at radius 1 is 1.25 bits per heavy atom. The molecule has 24 heavy (non-hydrogen) atoms. The quantitative estimate of drug-likeness (QED) is 0.906. The summed E-state index contributed by atoms with van der Waals surface area (Å²) >= 11 is 0. The second-order valence-electron chi connectivity index (χ2n) is 5.47. The largest absolute Gasteiger partial charge is 0.491 e. The summed E-state index contributed by atoms with van der Waals surface area (Å²) in [6.45, 7) is 3.15. The maximum Gasteiger partial charge on any atom is 0.435 e. The lowest BCUT2D eigenvalue weighted by molar-refractivity contribution is -0.142. The molecule has 0 aliphatic carbocycles. The average molecular weight is 342 g/mol. The molecule has 1 heterocycles. The maximum absolute atomic E-state index is 12.6. The summed E-state index contributed by atoms with van der Waals surface area (Å²) in [6.07, 6.45) is -5.84. The van der Waals surface area contributed by atoms with E-state index >= 15 is 0 Å². The van der Waals surface area contributed by atoms with Crippen LogP contribution in [0.5, 0.6) is 5.75 Å². The molecule has 0 aliphatic rings. The first-order valence-electron chi connectivity index (χ1n) is 7.20. The highest BCUT2D eigenvalue weighted by Crippen LogP contribution is 2.26. The third kappa shape index (κ3) is 4.58. The second-order valence-corrected chi connectivity index (χ2v) is 5.47. The van der Waals surface area contributed by atoms with Crippen molar-refractivity contribution in [3.63, 3.8) is 0 Å². The van der Waals surface area contributed by atoms with Gasteiger partial charge in [-0.2, -0.15) is 18.3 Å². The van der Waals surface area contributed by atoms with Gasteiger partial charge in [-0.15, -0.1) is 0 Å². The Balaban J connectivity index is 2.06. The Morgan fingerprint density at radius 2 is 1.96 bits per heavy atom. The van der Waals surface area contributed by atoms with Crippen LogP contribution < -0.4 is 10.3 Å². The van der Waals surface area contributed by atoms with Gasteiger partial charge in [-0.1, -0.05) is 12.1 Å². The van der Waals surface area contributed by atoms with Crippen molar-refractivity contribution < 1.29 is 23.0 Å². The van der Waals surface area contributed by atoms with Gasteiger partial charge in [0.25, 0.3) is 5.56 Å². The molecule has 8 heteroatoms. The van der Waals surface area contributed by atoms with E-state index in [0.29, 0.717) is 16.5 Å². The number of hydrogen-bond donors (Lipinski definition) is 1. The first-order valence-corrected chi connectivity index (χ1v) is 7.20. The number of benzene rings is 1. The van der Waals surface area contributed by atoms with Crippen LogP contribution in [0.2, 0.25) is 0 Å². The summed E-state index contributed by atoms with van der Waals surface area (Å²) in [6, 6.07) is 6.93. The Labute approximate surface area is 136 Å². The number of alkyl halides is 3. The van der Waals surface area contributed by atoms with Crippen LogP contribution >= 0.6 is 0 Å². The van der Waals surface area contributed by atoms with E-state index in [-0.39, 0.29) is 6.61 Å². The lowest BCUT2D eigenvalue weighted by Crippen LogP contribution is -2.33. The SMILES string of the molecule is Cc1ccc(C)c(OCC(O)Cn2nc(C(F)(F)F)ccc2=O)c1. The maximum atomic E-state index is 12.6. The number of hydrogen-bond acceptors (Lipinski definition) is 4. The molecule has 2 aromatic rings. The van der Waals surface area contributed by atoms with Gasteiger partial charge in [0.2, 0.25) is 0 Å². The van der Waals surface area contributed by atoms with E-state index in [0.717, 1.165) is 17.2 Å². The van der Waals surface area contributed by atoms with Crippen LogP contribution in [0, 0.1) is 13.8 Å². The molecule has 0 aliphatic heterocycles. The predicted octanol–water partition coefficient (Wildman–Crippen LogP) is 2.32. The van der Waals surface area contributed by atoms with Crippen LogP contribution in [0.1, 0.15) is 16.8 Å². The topological polar surface area (TPSA) is 64.3 Å². The van der Waals surface area contributed by atoms with Crippen molar-refractivity contribution in [2.45, 2.75) is 32.7 Å². The summed E-state index contributed by atoms with van der Waals surface area (Å²) in [5.74, 6) is 0.568. The number of aryl methyl sites for hydroxylation is 2. The number of aromatic nitrogens is 2. The van der Waals surface area contributed by atoms with E-state index in [4.69, 9.17) is 4.74 Å². The third-order valence-corrected chi connectivity index (χ3v) is 3.32. The zero-order valence-electron chi connectivity index (χ0n) is 13.2. The number of ether oxygens (including phenoxy) is 1. The van der Waals surface area contributed by atoms with Crippen molar-refractivity contribution >= 4 is 0 Å². The molecule has 0 spiro atoms. The molecule has 5 nitrogen and oxygen atoms in total. The van der Waals surface area contributed by atoms with Crippen LogP contribution in [-0.4, -0.2) is 27.6 Å². The highest BCUT2D eigenvalue weighted by atomic mass is 19.4. The summed E-state index contributed by atoms with van der Waals surface area (Å²) in [5.41, 5.74) is -0.0819. The standard InChI is InChI=1S/C16H17F3N2O3/c1-10-3-4-11(2)13(7-10)24-9-12(22)8-21-15(23)6-5-14(20-21)16(17,18)19/h3-7,12,22H,8-9H2,1-2H3. The molecule has 130 valence electrons. The molecule has 0 saturated carbocycles. The lowest BCUT2D eigenvalue weighted by atomic mass is 10.1. The van der Waals surface area contributed by atoms with E-state index in [9.17, 15) is 23.1 Å². The average Bonchev–Trinajstić information content (AvgIpc) is 2.49. The first-order chi connectivity index (χ1) is 11.2. The molecular weight excluding hydrogens is 325 g/mol. The number of aliphatic hydroxyl groups is 1. The third-order valence-electron chi connectivity index (χ3n) is 3.32. The smallest absolute Gasteiger partial charge is 0.435 e. The van der Waals surface area contributed by atoms with E-state index in [1.54, 1.807) is 6.07 Å². The van der Waals surface area contributed by atoms with E-state index < -0.39 is 30.1 Å². The fourth-order valence-corrected chi connectivity index (χ4v) is 2.03. The van der Waals surface area contributed by atoms with E-state index in [2.05, 4.69) is 5.10 Å². The molecule has 0 bridgehead atoms. The van der Waals surface area contributed by atoms with Gasteiger partial charge < -0.3 is 9.84 Å². The van der Waals surface area contributed by atoms with Crippen LogP contribution in [-0.2, 0) is 12.7 Å². The van der Waals surface area contributed by atoms with Crippen molar-refractivity contribution in [1.29, 1.82) is 0 Å². The Morgan fingerprint density at radius 3 is 2.62 bits per heavy atom. The summed E-state index contributed by atoms with van der Waals surface area (Å²) < 4.78 is 43.9. The number of aliphatic hydroxyl groups excluding tert-OH is 1. The van der Waals surface area contributed by atoms with Crippen molar-refractivity contribution in [2.75, 3.05) is 6.61 Å². The minimum absolute atomic E-state index is 0.172. The molecular formula is C16H17F3N2O3.